The van der Waals surface area contributed by atoms with Crippen molar-refractivity contribution < 1.29 is 4.79 Å². The molecule has 5 heteroatoms. The molecule has 0 fully saturated rings. The molecule has 3 nitrogen and oxygen atoms in total. The summed E-state index contributed by atoms with van der Waals surface area (Å²) in [5, 5.41) is 4.56. The molecule has 25 heavy (non-hydrogen) atoms. The highest BCUT2D eigenvalue weighted by atomic mass is 35.5. The number of primary amides is 1. The first-order valence-electron chi connectivity index (χ1n) is 8.53. The number of carbonyl (C=O) groups is 1. The number of nitrogens with one attached hydrogen (secondary N) is 1. The molecule has 2 aromatic carbocycles. The Morgan fingerprint density at radius 1 is 1.12 bits per heavy atom. The van der Waals surface area contributed by atoms with Gasteiger partial charge in [0.15, 0.2) is 0 Å². The SMILES string of the molecule is CNC1CCC(c2ccc(Cl)c(Cl)c2)c2cc(CCC(N)=O)ccc21. The Morgan fingerprint density at radius 2 is 1.92 bits per heavy atom. The third kappa shape index (κ3) is 4.00. The van der Waals surface area contributed by atoms with E-state index in [9.17, 15) is 4.79 Å². The number of halogens is 2. The molecule has 2 aromatic rings. The number of aryl methyl sites for hydroxylation is 1. The number of hydrogen-bond acceptors (Lipinski definition) is 2. The van der Waals surface area contributed by atoms with Crippen LogP contribution in [0.3, 0.4) is 0 Å². The van der Waals surface area contributed by atoms with E-state index in [4.69, 9.17) is 28.9 Å². The van der Waals surface area contributed by atoms with E-state index in [-0.39, 0.29) is 11.8 Å². The maximum Gasteiger partial charge on any atom is 0.217 e. The fourth-order valence-electron chi connectivity index (χ4n) is 3.69. The molecule has 0 spiro atoms. The van der Waals surface area contributed by atoms with Crippen LogP contribution in [0.15, 0.2) is 36.4 Å². The topological polar surface area (TPSA) is 55.1 Å². The van der Waals surface area contributed by atoms with Gasteiger partial charge in [0.2, 0.25) is 5.91 Å². The van der Waals surface area contributed by atoms with Gasteiger partial charge in [-0.15, -0.1) is 0 Å². The van der Waals surface area contributed by atoms with Gasteiger partial charge >= 0.3 is 0 Å². The van der Waals surface area contributed by atoms with Crippen molar-refractivity contribution in [2.45, 2.75) is 37.6 Å². The van der Waals surface area contributed by atoms with Crippen molar-refractivity contribution >= 4 is 29.1 Å². The Bertz CT molecular complexity index is 791. The van der Waals surface area contributed by atoms with E-state index in [1.54, 1.807) is 0 Å². The van der Waals surface area contributed by atoms with Crippen LogP contribution in [-0.2, 0) is 11.2 Å². The number of nitrogens with two attached hydrogens (primary N) is 1. The third-order valence-electron chi connectivity index (χ3n) is 5.00. The first-order valence-corrected chi connectivity index (χ1v) is 9.28. The number of amides is 1. The highest BCUT2D eigenvalue weighted by molar-refractivity contribution is 6.42. The summed E-state index contributed by atoms with van der Waals surface area (Å²) >= 11 is 12.3. The quantitative estimate of drug-likeness (QED) is 0.800. The number of rotatable bonds is 5. The van der Waals surface area contributed by atoms with Crippen molar-refractivity contribution in [3.8, 4) is 0 Å². The minimum Gasteiger partial charge on any atom is -0.370 e. The van der Waals surface area contributed by atoms with E-state index >= 15 is 0 Å². The number of fused-ring (bicyclic) bond motifs is 1. The minimum absolute atomic E-state index is 0.271. The second-order valence-electron chi connectivity index (χ2n) is 6.57. The molecule has 0 bridgehead atoms. The molecule has 0 aliphatic heterocycles. The molecule has 1 aliphatic carbocycles. The van der Waals surface area contributed by atoms with Gasteiger partial charge in [0.25, 0.3) is 0 Å². The van der Waals surface area contributed by atoms with Gasteiger partial charge in [-0.3, -0.25) is 4.79 Å². The summed E-state index contributed by atoms with van der Waals surface area (Å²) in [5.74, 6) is 0.00903. The number of hydrogen-bond donors (Lipinski definition) is 2. The van der Waals surface area contributed by atoms with Crippen LogP contribution in [0.5, 0.6) is 0 Å². The summed E-state index contributed by atoms with van der Waals surface area (Å²) in [6.07, 6.45) is 3.14. The van der Waals surface area contributed by atoms with Crippen LogP contribution < -0.4 is 11.1 Å². The summed E-state index contributed by atoms with van der Waals surface area (Å²) in [7, 11) is 1.99. The van der Waals surface area contributed by atoms with Gasteiger partial charge < -0.3 is 11.1 Å². The molecular weight excluding hydrogens is 355 g/mol. The standard InChI is InChI=1S/C20H22Cl2N2O/c1-24-19-8-6-14(13-4-7-17(21)18(22)11-13)16-10-12(2-5-15(16)19)3-9-20(23)25/h2,4-5,7,10-11,14,19,24H,3,6,8-9H2,1H3,(H2,23,25). The van der Waals surface area contributed by atoms with Crippen molar-refractivity contribution in [1.29, 1.82) is 0 Å². The minimum atomic E-state index is -0.271. The van der Waals surface area contributed by atoms with Crippen LogP contribution in [-0.4, -0.2) is 13.0 Å². The van der Waals surface area contributed by atoms with Crippen molar-refractivity contribution in [1.82, 2.24) is 5.32 Å². The molecular formula is C20H22Cl2N2O. The summed E-state index contributed by atoms with van der Waals surface area (Å²) < 4.78 is 0. The van der Waals surface area contributed by atoms with Crippen molar-refractivity contribution in [2.75, 3.05) is 7.05 Å². The van der Waals surface area contributed by atoms with Crippen LogP contribution in [0.4, 0.5) is 0 Å². The highest BCUT2D eigenvalue weighted by Gasteiger charge is 2.28. The van der Waals surface area contributed by atoms with Crippen LogP contribution in [0.1, 0.15) is 53.5 Å². The smallest absolute Gasteiger partial charge is 0.217 e. The van der Waals surface area contributed by atoms with Gasteiger partial charge in [0, 0.05) is 18.4 Å². The molecule has 3 N–H and O–H groups in total. The Hall–Kier alpha value is -1.55. The molecule has 2 atom stereocenters. The van der Waals surface area contributed by atoms with E-state index in [2.05, 4.69) is 29.6 Å². The molecule has 3 rings (SSSR count). The molecule has 0 aromatic heterocycles. The fraction of sp³-hybridized carbons (Fsp3) is 0.350. The first-order chi connectivity index (χ1) is 12.0. The van der Waals surface area contributed by atoms with E-state index in [1.807, 2.05) is 19.2 Å². The lowest BCUT2D eigenvalue weighted by Crippen LogP contribution is -2.24. The normalized spacial score (nSPS) is 19.5. The lowest BCUT2D eigenvalue weighted by atomic mass is 9.76. The van der Waals surface area contributed by atoms with Crippen LogP contribution in [0.2, 0.25) is 10.0 Å². The van der Waals surface area contributed by atoms with Gasteiger partial charge in [0.05, 0.1) is 10.0 Å². The van der Waals surface area contributed by atoms with Gasteiger partial charge in [-0.1, -0.05) is 47.5 Å². The Balaban J connectivity index is 2.00. The van der Waals surface area contributed by atoms with Crippen LogP contribution in [0, 0.1) is 0 Å². The third-order valence-corrected chi connectivity index (χ3v) is 5.74. The van der Waals surface area contributed by atoms with E-state index in [0.717, 1.165) is 18.4 Å². The number of benzene rings is 2. The lowest BCUT2D eigenvalue weighted by molar-refractivity contribution is -0.117. The summed E-state index contributed by atoms with van der Waals surface area (Å²) in [4.78, 5) is 11.1. The van der Waals surface area contributed by atoms with Gasteiger partial charge in [-0.05, 0) is 60.7 Å². The van der Waals surface area contributed by atoms with Gasteiger partial charge in [0.1, 0.15) is 0 Å². The van der Waals surface area contributed by atoms with E-state index < -0.39 is 0 Å². The predicted molar refractivity (Wildman–Crippen MR) is 103 cm³/mol. The Kier molecular flexibility index (Phi) is 5.67. The molecule has 1 amide bonds. The molecule has 0 radical (unpaired) electrons. The predicted octanol–water partition coefficient (Wildman–Crippen LogP) is 4.60. The molecule has 0 saturated carbocycles. The molecule has 132 valence electrons. The maximum atomic E-state index is 11.1. The van der Waals surface area contributed by atoms with Crippen molar-refractivity contribution in [3.05, 3.63) is 68.7 Å². The molecule has 2 unspecified atom stereocenters. The summed E-state index contributed by atoms with van der Waals surface area (Å²) in [6.45, 7) is 0. The van der Waals surface area contributed by atoms with E-state index in [0.29, 0.717) is 28.9 Å². The summed E-state index contributed by atoms with van der Waals surface area (Å²) in [5.41, 5.74) is 10.2. The van der Waals surface area contributed by atoms with Gasteiger partial charge in [-0.25, -0.2) is 0 Å². The molecule has 0 saturated heterocycles. The zero-order valence-corrected chi connectivity index (χ0v) is 15.7. The first kappa shape index (κ1) is 18.2. The maximum absolute atomic E-state index is 11.1. The Morgan fingerprint density at radius 3 is 2.60 bits per heavy atom. The monoisotopic (exact) mass is 376 g/mol. The zero-order valence-electron chi connectivity index (χ0n) is 14.2. The molecule has 1 aliphatic rings. The fourth-order valence-corrected chi connectivity index (χ4v) is 3.99. The lowest BCUT2D eigenvalue weighted by Gasteiger charge is -2.32. The van der Waals surface area contributed by atoms with Crippen molar-refractivity contribution in [3.63, 3.8) is 0 Å². The highest BCUT2D eigenvalue weighted by Crippen LogP contribution is 2.42. The average Bonchev–Trinajstić information content (AvgIpc) is 2.61. The Labute approximate surface area is 158 Å². The zero-order chi connectivity index (χ0) is 18.0. The second-order valence-corrected chi connectivity index (χ2v) is 7.39. The van der Waals surface area contributed by atoms with Crippen LogP contribution >= 0.6 is 23.2 Å². The number of carbonyl (C=O) groups excluding carboxylic acids is 1. The summed E-state index contributed by atoms with van der Waals surface area (Å²) in [6, 6.07) is 12.7. The molecule has 0 heterocycles. The second kappa shape index (κ2) is 7.77. The van der Waals surface area contributed by atoms with Gasteiger partial charge in [-0.2, -0.15) is 0 Å². The van der Waals surface area contributed by atoms with Crippen molar-refractivity contribution in [2.24, 2.45) is 5.73 Å². The van der Waals surface area contributed by atoms with Crippen LogP contribution in [0.25, 0.3) is 0 Å². The largest absolute Gasteiger partial charge is 0.370 e. The van der Waals surface area contributed by atoms with E-state index in [1.165, 1.54) is 16.7 Å². The average molecular weight is 377 g/mol.